The standard InChI is InChI=1S/C22H21ClN2O3/c1-27-19-10-5-15(12-20(19)28-2)13-21(26)25-22(17-4-3-11-24-14-17)16-6-8-18(23)9-7-16/h3-12,14,22H,13H2,1-2H3,(H,25,26). The van der Waals surface area contributed by atoms with Gasteiger partial charge in [0.15, 0.2) is 11.5 Å². The lowest BCUT2D eigenvalue weighted by Gasteiger charge is -2.20. The summed E-state index contributed by atoms with van der Waals surface area (Å²) in [6, 6.07) is 16.3. The van der Waals surface area contributed by atoms with Crippen molar-refractivity contribution in [2.24, 2.45) is 0 Å². The van der Waals surface area contributed by atoms with Crippen molar-refractivity contribution < 1.29 is 14.3 Å². The summed E-state index contributed by atoms with van der Waals surface area (Å²) in [5.74, 6) is 1.10. The number of aromatic nitrogens is 1. The number of hydrogen-bond acceptors (Lipinski definition) is 4. The molecule has 0 aliphatic rings. The molecular formula is C22H21ClN2O3. The predicted octanol–water partition coefficient (Wildman–Crippen LogP) is 4.20. The van der Waals surface area contributed by atoms with Crippen molar-refractivity contribution in [2.75, 3.05) is 14.2 Å². The number of pyridine rings is 1. The smallest absolute Gasteiger partial charge is 0.225 e. The normalized spacial score (nSPS) is 11.5. The highest BCUT2D eigenvalue weighted by atomic mass is 35.5. The fourth-order valence-electron chi connectivity index (χ4n) is 2.95. The average molecular weight is 397 g/mol. The minimum atomic E-state index is -0.321. The first-order valence-corrected chi connectivity index (χ1v) is 9.14. The minimum absolute atomic E-state index is 0.115. The monoisotopic (exact) mass is 396 g/mol. The van der Waals surface area contributed by atoms with E-state index < -0.39 is 0 Å². The number of halogens is 1. The van der Waals surface area contributed by atoms with Gasteiger partial charge in [0.25, 0.3) is 0 Å². The summed E-state index contributed by atoms with van der Waals surface area (Å²) in [7, 11) is 3.15. The van der Waals surface area contributed by atoms with Crippen LogP contribution in [0.4, 0.5) is 0 Å². The molecule has 2 aromatic carbocycles. The van der Waals surface area contributed by atoms with Crippen LogP contribution in [0.2, 0.25) is 5.02 Å². The van der Waals surface area contributed by atoms with Crippen LogP contribution in [-0.4, -0.2) is 25.1 Å². The average Bonchev–Trinajstić information content (AvgIpc) is 2.73. The molecular weight excluding hydrogens is 376 g/mol. The van der Waals surface area contributed by atoms with Crippen LogP contribution in [0.15, 0.2) is 67.0 Å². The summed E-state index contributed by atoms with van der Waals surface area (Å²) >= 11 is 6.01. The van der Waals surface area contributed by atoms with Crippen molar-refractivity contribution in [3.05, 3.63) is 88.7 Å². The van der Waals surface area contributed by atoms with E-state index in [1.807, 2.05) is 30.3 Å². The predicted molar refractivity (Wildman–Crippen MR) is 109 cm³/mol. The van der Waals surface area contributed by atoms with Crippen LogP contribution in [-0.2, 0) is 11.2 Å². The first-order valence-electron chi connectivity index (χ1n) is 8.76. The molecule has 0 radical (unpaired) electrons. The molecule has 6 heteroatoms. The van der Waals surface area contributed by atoms with E-state index in [2.05, 4.69) is 10.3 Å². The maximum Gasteiger partial charge on any atom is 0.225 e. The van der Waals surface area contributed by atoms with E-state index in [4.69, 9.17) is 21.1 Å². The number of rotatable bonds is 7. The van der Waals surface area contributed by atoms with Crippen LogP contribution in [0, 0.1) is 0 Å². The Balaban J connectivity index is 1.81. The van der Waals surface area contributed by atoms with Crippen molar-refractivity contribution >= 4 is 17.5 Å². The molecule has 0 aliphatic carbocycles. The molecule has 0 aliphatic heterocycles. The number of ether oxygens (including phenoxy) is 2. The molecule has 3 aromatic rings. The van der Waals surface area contributed by atoms with Crippen LogP contribution in [0.3, 0.4) is 0 Å². The highest BCUT2D eigenvalue weighted by Crippen LogP contribution is 2.28. The molecule has 1 amide bonds. The van der Waals surface area contributed by atoms with Crippen molar-refractivity contribution in [2.45, 2.75) is 12.5 Å². The van der Waals surface area contributed by atoms with Crippen molar-refractivity contribution in [1.82, 2.24) is 10.3 Å². The van der Waals surface area contributed by atoms with Gasteiger partial charge in [-0.25, -0.2) is 0 Å². The van der Waals surface area contributed by atoms with Gasteiger partial charge in [0, 0.05) is 17.4 Å². The molecule has 0 spiro atoms. The third kappa shape index (κ3) is 4.81. The molecule has 0 fully saturated rings. The molecule has 1 heterocycles. The van der Waals surface area contributed by atoms with E-state index in [9.17, 15) is 4.79 Å². The lowest BCUT2D eigenvalue weighted by molar-refractivity contribution is -0.120. The maximum atomic E-state index is 12.8. The van der Waals surface area contributed by atoms with Crippen molar-refractivity contribution in [3.8, 4) is 11.5 Å². The van der Waals surface area contributed by atoms with E-state index in [1.54, 1.807) is 50.9 Å². The second-order valence-electron chi connectivity index (χ2n) is 6.20. The van der Waals surface area contributed by atoms with Crippen LogP contribution in [0.1, 0.15) is 22.7 Å². The summed E-state index contributed by atoms with van der Waals surface area (Å²) < 4.78 is 10.6. The number of carbonyl (C=O) groups is 1. The third-order valence-corrected chi connectivity index (χ3v) is 4.59. The largest absolute Gasteiger partial charge is 0.493 e. The lowest BCUT2D eigenvalue weighted by Crippen LogP contribution is -2.30. The Morgan fingerprint density at radius 1 is 1.04 bits per heavy atom. The molecule has 0 saturated carbocycles. The van der Waals surface area contributed by atoms with E-state index in [1.165, 1.54) is 0 Å². The first-order chi connectivity index (χ1) is 13.6. The number of carbonyl (C=O) groups excluding carboxylic acids is 1. The SMILES string of the molecule is COc1ccc(CC(=O)NC(c2ccc(Cl)cc2)c2cccnc2)cc1OC. The Morgan fingerprint density at radius 3 is 2.43 bits per heavy atom. The zero-order chi connectivity index (χ0) is 19.9. The van der Waals surface area contributed by atoms with E-state index in [-0.39, 0.29) is 18.4 Å². The maximum absolute atomic E-state index is 12.8. The highest BCUT2D eigenvalue weighted by Gasteiger charge is 2.18. The Kier molecular flexibility index (Phi) is 6.50. The summed E-state index contributed by atoms with van der Waals surface area (Å²) in [6.45, 7) is 0. The number of benzene rings is 2. The van der Waals surface area contributed by atoms with Gasteiger partial charge in [-0.2, -0.15) is 0 Å². The summed E-state index contributed by atoms with van der Waals surface area (Å²) in [4.78, 5) is 16.9. The fourth-order valence-corrected chi connectivity index (χ4v) is 3.08. The molecule has 3 rings (SSSR count). The van der Waals surface area contributed by atoms with Gasteiger partial charge in [-0.1, -0.05) is 35.9 Å². The molecule has 0 saturated heterocycles. The zero-order valence-electron chi connectivity index (χ0n) is 15.7. The van der Waals surface area contributed by atoms with Crippen LogP contribution in [0.5, 0.6) is 11.5 Å². The van der Waals surface area contributed by atoms with Crippen LogP contribution < -0.4 is 14.8 Å². The molecule has 1 N–H and O–H groups in total. The van der Waals surface area contributed by atoms with Gasteiger partial charge in [0.1, 0.15) is 0 Å². The fraction of sp³-hybridized carbons (Fsp3) is 0.182. The Hall–Kier alpha value is -3.05. The molecule has 1 atom stereocenters. The van der Waals surface area contributed by atoms with E-state index >= 15 is 0 Å². The second-order valence-corrected chi connectivity index (χ2v) is 6.64. The highest BCUT2D eigenvalue weighted by molar-refractivity contribution is 6.30. The van der Waals surface area contributed by atoms with Gasteiger partial charge >= 0.3 is 0 Å². The molecule has 1 unspecified atom stereocenters. The Bertz CT molecular complexity index is 930. The number of amides is 1. The molecule has 0 bridgehead atoms. The topological polar surface area (TPSA) is 60.5 Å². The van der Waals surface area contributed by atoms with Gasteiger partial charge in [-0.3, -0.25) is 9.78 Å². The number of nitrogens with zero attached hydrogens (tertiary/aromatic N) is 1. The van der Waals surface area contributed by atoms with Gasteiger partial charge in [0.05, 0.1) is 26.7 Å². The Labute approximate surface area is 169 Å². The lowest BCUT2D eigenvalue weighted by atomic mass is 9.99. The summed E-state index contributed by atoms with van der Waals surface area (Å²) in [5, 5.41) is 3.73. The third-order valence-electron chi connectivity index (χ3n) is 4.34. The molecule has 144 valence electrons. The quantitative estimate of drug-likeness (QED) is 0.650. The second kappa shape index (κ2) is 9.24. The van der Waals surface area contributed by atoms with Gasteiger partial charge in [-0.05, 0) is 47.0 Å². The van der Waals surface area contributed by atoms with Crippen LogP contribution >= 0.6 is 11.6 Å². The van der Waals surface area contributed by atoms with Crippen LogP contribution in [0.25, 0.3) is 0 Å². The van der Waals surface area contributed by atoms with Gasteiger partial charge in [-0.15, -0.1) is 0 Å². The molecule has 1 aromatic heterocycles. The zero-order valence-corrected chi connectivity index (χ0v) is 16.4. The van der Waals surface area contributed by atoms with Gasteiger partial charge < -0.3 is 14.8 Å². The molecule has 5 nitrogen and oxygen atoms in total. The number of methoxy groups -OCH3 is 2. The van der Waals surface area contributed by atoms with E-state index in [0.29, 0.717) is 16.5 Å². The molecule has 28 heavy (non-hydrogen) atoms. The Morgan fingerprint density at radius 2 is 1.79 bits per heavy atom. The van der Waals surface area contributed by atoms with Crippen molar-refractivity contribution in [1.29, 1.82) is 0 Å². The summed E-state index contributed by atoms with van der Waals surface area (Å²) in [5.41, 5.74) is 2.65. The summed E-state index contributed by atoms with van der Waals surface area (Å²) in [6.07, 6.45) is 3.66. The van der Waals surface area contributed by atoms with Crippen molar-refractivity contribution in [3.63, 3.8) is 0 Å². The first kappa shape index (κ1) is 19.7. The van der Waals surface area contributed by atoms with Gasteiger partial charge in [0.2, 0.25) is 5.91 Å². The number of hydrogen-bond donors (Lipinski definition) is 1. The number of nitrogens with one attached hydrogen (secondary N) is 1. The minimum Gasteiger partial charge on any atom is -0.493 e. The van der Waals surface area contributed by atoms with E-state index in [0.717, 1.165) is 16.7 Å².